The molecule has 0 aliphatic heterocycles. The van der Waals surface area contributed by atoms with E-state index in [1.54, 1.807) is 25.1 Å². The summed E-state index contributed by atoms with van der Waals surface area (Å²) >= 11 is 0.735. The number of anilines is 1. The molecule has 0 unspecified atom stereocenters. The van der Waals surface area contributed by atoms with Gasteiger partial charge >= 0.3 is 0 Å². The summed E-state index contributed by atoms with van der Waals surface area (Å²) in [6, 6.07) is 16.2. The van der Waals surface area contributed by atoms with Gasteiger partial charge in [-0.25, -0.2) is 8.42 Å². The number of aromatic nitrogens is 4. The fraction of sp³-hybridized carbons (Fsp3) is 0.105. The van der Waals surface area contributed by atoms with Crippen LogP contribution < -0.4 is 10.0 Å². The lowest BCUT2D eigenvalue weighted by Crippen LogP contribution is -2.23. The highest BCUT2D eigenvalue weighted by Crippen LogP contribution is 2.21. The number of nitrogens with zero attached hydrogens (tertiary/aromatic N) is 4. The molecule has 0 bridgehead atoms. The van der Waals surface area contributed by atoms with Crippen molar-refractivity contribution in [1.82, 2.24) is 25.1 Å². The van der Waals surface area contributed by atoms with E-state index >= 15 is 0 Å². The quantitative estimate of drug-likeness (QED) is 0.405. The van der Waals surface area contributed by atoms with Crippen molar-refractivity contribution >= 4 is 32.4 Å². The van der Waals surface area contributed by atoms with Gasteiger partial charge in [0.1, 0.15) is 0 Å². The molecule has 31 heavy (non-hydrogen) atoms. The molecule has 0 saturated carbocycles. The van der Waals surface area contributed by atoms with E-state index in [0.717, 1.165) is 22.5 Å². The minimum Gasteiger partial charge on any atom is -0.338 e. The standard InChI is InChI=1S/C19H16N6O4S2/c1-12-7-5-6-10-14(12)17(26)22-18-23-24-19(30-18)31(27,28)20-11-15-21-16(25-29-15)13-8-3-2-4-9-13/h2-10,20H,11H2,1H3,(H,22,23,26). The van der Waals surface area contributed by atoms with Crippen molar-refractivity contribution in [1.29, 1.82) is 0 Å². The van der Waals surface area contributed by atoms with E-state index < -0.39 is 15.9 Å². The van der Waals surface area contributed by atoms with Crippen LogP contribution >= 0.6 is 11.3 Å². The number of amides is 1. The van der Waals surface area contributed by atoms with Gasteiger partial charge in [0.15, 0.2) is 0 Å². The van der Waals surface area contributed by atoms with Gasteiger partial charge in [-0.2, -0.15) is 9.71 Å². The largest absolute Gasteiger partial charge is 0.338 e. The second-order valence-electron chi connectivity index (χ2n) is 6.34. The lowest BCUT2D eigenvalue weighted by atomic mass is 10.1. The Kier molecular flexibility index (Phi) is 5.84. The topological polar surface area (TPSA) is 140 Å². The third-order valence-electron chi connectivity index (χ3n) is 4.16. The summed E-state index contributed by atoms with van der Waals surface area (Å²) < 4.78 is 32.1. The molecule has 2 aromatic heterocycles. The Labute approximate surface area is 181 Å². The predicted octanol–water partition coefficient (Wildman–Crippen LogP) is 2.63. The Hall–Kier alpha value is -3.48. The summed E-state index contributed by atoms with van der Waals surface area (Å²) in [4.78, 5) is 16.5. The number of aryl methyl sites for hydroxylation is 1. The highest BCUT2D eigenvalue weighted by molar-refractivity contribution is 7.91. The molecule has 0 atom stereocenters. The number of carbonyl (C=O) groups is 1. The molecule has 0 spiro atoms. The maximum atomic E-state index is 12.5. The molecule has 12 heteroatoms. The number of sulfonamides is 1. The van der Waals surface area contributed by atoms with Crippen molar-refractivity contribution in [2.24, 2.45) is 0 Å². The van der Waals surface area contributed by atoms with Crippen molar-refractivity contribution in [3.8, 4) is 11.4 Å². The zero-order chi connectivity index (χ0) is 21.8. The number of rotatable bonds is 7. The minimum atomic E-state index is -3.99. The van der Waals surface area contributed by atoms with E-state index in [1.807, 2.05) is 36.4 Å². The molecule has 2 N–H and O–H groups in total. The molecule has 0 fully saturated rings. The second-order valence-corrected chi connectivity index (χ2v) is 9.26. The van der Waals surface area contributed by atoms with Crippen molar-refractivity contribution in [2.45, 2.75) is 17.8 Å². The zero-order valence-corrected chi connectivity index (χ0v) is 17.8. The van der Waals surface area contributed by atoms with Crippen LogP contribution in [-0.2, 0) is 16.6 Å². The summed E-state index contributed by atoms with van der Waals surface area (Å²) in [7, 11) is -3.99. The third kappa shape index (κ3) is 4.82. The maximum Gasteiger partial charge on any atom is 0.270 e. The molecule has 4 aromatic rings. The van der Waals surface area contributed by atoms with Crippen LogP contribution in [0.4, 0.5) is 5.13 Å². The van der Waals surface area contributed by atoms with Crippen LogP contribution in [0.15, 0.2) is 63.5 Å². The highest BCUT2D eigenvalue weighted by atomic mass is 32.2. The first-order valence-corrected chi connectivity index (χ1v) is 11.3. The van der Waals surface area contributed by atoms with Crippen molar-refractivity contribution in [3.63, 3.8) is 0 Å². The van der Waals surface area contributed by atoms with Crippen LogP contribution in [0.3, 0.4) is 0 Å². The summed E-state index contributed by atoms with van der Waals surface area (Å²) in [5, 5.41) is 13.9. The molecule has 2 heterocycles. The fourth-order valence-electron chi connectivity index (χ4n) is 2.61. The van der Waals surface area contributed by atoms with Gasteiger partial charge in [0, 0.05) is 11.1 Å². The molecule has 0 radical (unpaired) electrons. The van der Waals surface area contributed by atoms with Crippen molar-refractivity contribution in [3.05, 3.63) is 71.6 Å². The molecule has 0 aliphatic rings. The third-order valence-corrected chi connectivity index (χ3v) is 6.77. The van der Waals surface area contributed by atoms with Crippen LogP contribution in [-0.4, -0.2) is 34.7 Å². The normalized spacial score (nSPS) is 11.4. The van der Waals surface area contributed by atoms with Crippen LogP contribution in [0, 0.1) is 6.92 Å². The molecule has 2 aromatic carbocycles. The number of nitrogens with one attached hydrogen (secondary N) is 2. The summed E-state index contributed by atoms with van der Waals surface area (Å²) in [5.74, 6) is 0.0531. The summed E-state index contributed by atoms with van der Waals surface area (Å²) in [6.45, 7) is 1.59. The smallest absolute Gasteiger partial charge is 0.270 e. The van der Waals surface area contributed by atoms with Crippen LogP contribution in [0.1, 0.15) is 21.8 Å². The zero-order valence-electron chi connectivity index (χ0n) is 16.1. The van der Waals surface area contributed by atoms with Crippen LogP contribution in [0.2, 0.25) is 0 Å². The van der Waals surface area contributed by atoms with Crippen molar-refractivity contribution < 1.29 is 17.7 Å². The monoisotopic (exact) mass is 456 g/mol. The molecule has 4 rings (SSSR count). The molecular formula is C19H16N6O4S2. The summed E-state index contributed by atoms with van der Waals surface area (Å²) in [6.07, 6.45) is 0. The molecule has 10 nitrogen and oxygen atoms in total. The molecular weight excluding hydrogens is 440 g/mol. The minimum absolute atomic E-state index is 0.0674. The van der Waals surface area contributed by atoms with E-state index in [-0.39, 0.29) is 21.9 Å². The van der Waals surface area contributed by atoms with E-state index in [9.17, 15) is 13.2 Å². The van der Waals surface area contributed by atoms with E-state index in [1.165, 1.54) is 0 Å². The maximum absolute atomic E-state index is 12.5. The van der Waals surface area contributed by atoms with Crippen LogP contribution in [0.5, 0.6) is 0 Å². The van der Waals surface area contributed by atoms with E-state index in [0.29, 0.717) is 11.4 Å². The summed E-state index contributed by atoms with van der Waals surface area (Å²) in [5.41, 5.74) is 2.00. The van der Waals surface area contributed by atoms with Crippen LogP contribution in [0.25, 0.3) is 11.4 Å². The first-order chi connectivity index (χ1) is 14.9. The Morgan fingerprint density at radius 1 is 1.06 bits per heavy atom. The number of carbonyl (C=O) groups excluding carboxylic acids is 1. The Balaban J connectivity index is 1.41. The molecule has 0 aliphatic carbocycles. The van der Waals surface area contributed by atoms with Gasteiger partial charge in [0.05, 0.1) is 6.54 Å². The van der Waals surface area contributed by atoms with E-state index in [2.05, 4.69) is 30.4 Å². The van der Waals surface area contributed by atoms with Gasteiger partial charge < -0.3 is 4.52 Å². The lowest BCUT2D eigenvalue weighted by Gasteiger charge is -2.04. The number of hydrogen-bond acceptors (Lipinski definition) is 9. The first-order valence-electron chi connectivity index (χ1n) is 9.00. The Bertz CT molecular complexity index is 1320. The second kappa shape index (κ2) is 8.71. The van der Waals surface area contributed by atoms with Gasteiger partial charge in [-0.15, -0.1) is 10.2 Å². The Morgan fingerprint density at radius 3 is 2.58 bits per heavy atom. The highest BCUT2D eigenvalue weighted by Gasteiger charge is 2.22. The van der Waals surface area contributed by atoms with Gasteiger partial charge in [-0.05, 0) is 18.6 Å². The average molecular weight is 457 g/mol. The Morgan fingerprint density at radius 2 is 1.81 bits per heavy atom. The average Bonchev–Trinajstić information content (AvgIpc) is 3.43. The van der Waals surface area contributed by atoms with Gasteiger partial charge in [0.2, 0.25) is 21.2 Å². The van der Waals surface area contributed by atoms with Gasteiger partial charge in [-0.3, -0.25) is 10.1 Å². The lowest BCUT2D eigenvalue weighted by molar-refractivity contribution is 0.102. The van der Waals surface area contributed by atoms with Gasteiger partial charge in [-0.1, -0.05) is 65.0 Å². The molecule has 158 valence electrons. The number of hydrogen-bond donors (Lipinski definition) is 2. The predicted molar refractivity (Wildman–Crippen MR) is 113 cm³/mol. The van der Waals surface area contributed by atoms with Gasteiger partial charge in [0.25, 0.3) is 15.9 Å². The van der Waals surface area contributed by atoms with Crippen molar-refractivity contribution in [2.75, 3.05) is 5.32 Å². The van der Waals surface area contributed by atoms with E-state index in [4.69, 9.17) is 4.52 Å². The first kappa shape index (κ1) is 20.8. The molecule has 1 amide bonds. The SMILES string of the molecule is Cc1ccccc1C(=O)Nc1nnc(S(=O)(=O)NCc2nc(-c3ccccc3)no2)s1. The number of benzene rings is 2. The molecule has 0 saturated heterocycles. The fourth-order valence-corrected chi connectivity index (χ4v) is 4.52.